The third-order valence-electron chi connectivity index (χ3n) is 4.86. The Balaban J connectivity index is 0.00000300. The van der Waals surface area contributed by atoms with Crippen LogP contribution < -0.4 is 22.3 Å². The lowest BCUT2D eigenvalue weighted by atomic mass is 10.1. The van der Waals surface area contributed by atoms with Crippen molar-refractivity contribution in [2.24, 2.45) is 5.73 Å². The maximum Gasteiger partial charge on any atom is 0.325 e. The van der Waals surface area contributed by atoms with E-state index in [0.29, 0.717) is 36.3 Å². The average Bonchev–Trinajstić information content (AvgIpc) is 3.34. The first-order valence-corrected chi connectivity index (χ1v) is 9.00. The Kier molecular flexibility index (Phi) is 10.5. The van der Waals surface area contributed by atoms with Crippen LogP contribution in [0.25, 0.3) is 0 Å². The number of likely N-dealkylation sites (tertiary alicyclic amines) is 1. The zero-order valence-electron chi connectivity index (χ0n) is 16.9. The monoisotopic (exact) mass is 443 g/mol. The van der Waals surface area contributed by atoms with Crippen molar-refractivity contribution in [2.75, 3.05) is 6.54 Å². The Bertz CT molecular complexity index is 970. The number of nitrogens with two attached hydrogens (primary N) is 1. The molecule has 0 aromatic carbocycles. The van der Waals surface area contributed by atoms with Gasteiger partial charge in [0.25, 0.3) is 5.56 Å². The van der Waals surface area contributed by atoms with Crippen LogP contribution >= 0.6 is 0 Å². The van der Waals surface area contributed by atoms with Gasteiger partial charge in [-0.3, -0.25) is 19.4 Å². The molecule has 3 rings (SSSR count). The van der Waals surface area contributed by atoms with Crippen LogP contribution in [-0.2, 0) is 22.6 Å². The van der Waals surface area contributed by atoms with Gasteiger partial charge < -0.3 is 42.3 Å². The van der Waals surface area contributed by atoms with Gasteiger partial charge in [-0.25, -0.2) is 9.78 Å². The molecule has 0 saturated carbocycles. The van der Waals surface area contributed by atoms with E-state index in [0.717, 1.165) is 0 Å². The summed E-state index contributed by atoms with van der Waals surface area (Å²) >= 11 is 0. The molecule has 0 aliphatic carbocycles. The highest BCUT2D eigenvalue weighted by molar-refractivity contribution is 5.90. The van der Waals surface area contributed by atoms with Gasteiger partial charge in [0.2, 0.25) is 11.8 Å². The van der Waals surface area contributed by atoms with Gasteiger partial charge in [0, 0.05) is 30.4 Å². The van der Waals surface area contributed by atoms with Crippen molar-refractivity contribution in [2.45, 2.75) is 44.8 Å². The summed E-state index contributed by atoms with van der Waals surface area (Å²) in [5.41, 5.74) is 6.19. The highest BCUT2D eigenvalue weighted by Crippen LogP contribution is 2.19. The van der Waals surface area contributed by atoms with E-state index in [4.69, 9.17) is 5.73 Å². The van der Waals surface area contributed by atoms with E-state index in [-0.39, 0.29) is 41.2 Å². The van der Waals surface area contributed by atoms with Crippen LogP contribution in [0.4, 0.5) is 0 Å². The third kappa shape index (κ3) is 6.32. The van der Waals surface area contributed by atoms with Crippen molar-refractivity contribution < 1.29 is 26.0 Å². The van der Waals surface area contributed by atoms with Crippen molar-refractivity contribution in [3.8, 4) is 0 Å². The number of rotatable bonds is 6. The van der Waals surface area contributed by atoms with E-state index in [2.05, 4.69) is 25.3 Å². The molecule has 1 aliphatic rings. The molecule has 12 N–H and O–H groups in total. The molecule has 3 heterocycles. The lowest BCUT2D eigenvalue weighted by Gasteiger charge is -2.26. The van der Waals surface area contributed by atoms with Gasteiger partial charge in [-0.05, 0) is 19.8 Å². The number of hydrogen-bond acceptors (Lipinski definition) is 6. The fourth-order valence-electron chi connectivity index (χ4n) is 3.30. The fourth-order valence-corrected chi connectivity index (χ4v) is 3.30. The van der Waals surface area contributed by atoms with E-state index in [1.54, 1.807) is 13.1 Å². The maximum atomic E-state index is 12.7. The molecule has 14 nitrogen and oxygen atoms in total. The normalized spacial score (nSPS) is 15.8. The number of H-pyrrole nitrogens is 3. The molecular formula is C17H29N7O7. The molecule has 2 aromatic heterocycles. The molecule has 1 saturated heterocycles. The lowest BCUT2D eigenvalue weighted by molar-refractivity contribution is -0.139. The highest BCUT2D eigenvalue weighted by Gasteiger charge is 2.36. The second kappa shape index (κ2) is 11.8. The minimum absolute atomic E-state index is 0. The van der Waals surface area contributed by atoms with Gasteiger partial charge in [-0.2, -0.15) is 0 Å². The molecule has 174 valence electrons. The van der Waals surface area contributed by atoms with Gasteiger partial charge in [0.05, 0.1) is 24.6 Å². The number of amides is 2. The highest BCUT2D eigenvalue weighted by atomic mass is 16.2. The van der Waals surface area contributed by atoms with Crippen LogP contribution in [0.3, 0.4) is 0 Å². The van der Waals surface area contributed by atoms with Crippen LogP contribution in [0.2, 0.25) is 0 Å². The fraction of sp³-hybridized carbons (Fsp3) is 0.471. The first kappa shape index (κ1) is 27.7. The van der Waals surface area contributed by atoms with Crippen molar-refractivity contribution >= 4 is 11.8 Å². The van der Waals surface area contributed by atoms with Gasteiger partial charge >= 0.3 is 5.69 Å². The molecular weight excluding hydrogens is 414 g/mol. The summed E-state index contributed by atoms with van der Waals surface area (Å²) in [4.78, 5) is 61.3. The molecule has 2 aromatic rings. The van der Waals surface area contributed by atoms with Crippen molar-refractivity contribution in [3.63, 3.8) is 0 Å². The summed E-state index contributed by atoms with van der Waals surface area (Å²) in [6.07, 6.45) is 4.68. The molecule has 0 bridgehead atoms. The Hall–Kier alpha value is -3.33. The summed E-state index contributed by atoms with van der Waals surface area (Å²) in [5, 5.41) is 2.69. The van der Waals surface area contributed by atoms with E-state index in [1.165, 1.54) is 11.2 Å². The van der Waals surface area contributed by atoms with Crippen molar-refractivity contribution in [1.29, 1.82) is 0 Å². The minimum atomic E-state index is -0.789. The molecule has 2 atom stereocenters. The van der Waals surface area contributed by atoms with Gasteiger partial charge in [-0.15, -0.1) is 0 Å². The maximum absolute atomic E-state index is 12.7. The Morgan fingerprint density at radius 2 is 2.00 bits per heavy atom. The van der Waals surface area contributed by atoms with E-state index >= 15 is 0 Å². The van der Waals surface area contributed by atoms with Gasteiger partial charge in [-0.1, -0.05) is 0 Å². The summed E-state index contributed by atoms with van der Waals surface area (Å²) in [6, 6.07) is -1.42. The predicted octanol–water partition coefficient (Wildman–Crippen LogP) is -4.20. The number of hydrogen-bond donors (Lipinski definition) is 5. The number of nitrogens with one attached hydrogen (secondary N) is 4. The van der Waals surface area contributed by atoms with Gasteiger partial charge in [0.1, 0.15) is 6.04 Å². The Morgan fingerprint density at radius 1 is 1.29 bits per heavy atom. The second-order valence-corrected chi connectivity index (χ2v) is 6.79. The Labute approximate surface area is 176 Å². The number of imidazole rings is 1. The SMILES string of the molecule is Cc1c(CNC(=O)[C@@H]2CCCN2C(=O)[C@@H](N)Cc2c[nH]cn2)[nH]c(=O)[nH]c1=O.O.O.O. The van der Waals surface area contributed by atoms with Crippen LogP contribution in [0.1, 0.15) is 29.8 Å². The molecule has 2 amide bonds. The predicted molar refractivity (Wildman–Crippen MR) is 110 cm³/mol. The van der Waals surface area contributed by atoms with Crippen LogP contribution in [0, 0.1) is 6.92 Å². The first-order chi connectivity index (χ1) is 13.4. The minimum Gasteiger partial charge on any atom is -0.412 e. The summed E-state index contributed by atoms with van der Waals surface area (Å²) in [5.74, 6) is -0.653. The zero-order valence-corrected chi connectivity index (χ0v) is 16.9. The standard InChI is InChI=1S/C17H23N7O4.3H2O/c1-9-12(22-17(28)23-14(9)25)7-20-15(26)13-3-2-4-24(13)16(27)11(18)5-10-6-19-8-21-10;;;/h6,8,11,13H,2-5,7,18H2,1H3,(H,19,21)(H,20,26)(H2,22,23,25,28);3*1H2/t11-,13-;;;/m0.../s1. The molecule has 1 fully saturated rings. The largest absolute Gasteiger partial charge is 0.412 e. The number of nitrogens with zero attached hydrogens (tertiary/aromatic N) is 2. The number of carbonyl (C=O) groups is 2. The van der Waals surface area contributed by atoms with E-state index < -0.39 is 23.3 Å². The Morgan fingerprint density at radius 3 is 2.65 bits per heavy atom. The third-order valence-corrected chi connectivity index (χ3v) is 4.86. The molecule has 1 aliphatic heterocycles. The zero-order chi connectivity index (χ0) is 20.3. The quantitative estimate of drug-likeness (QED) is 0.295. The number of aromatic amines is 3. The second-order valence-electron chi connectivity index (χ2n) is 6.79. The van der Waals surface area contributed by atoms with Crippen molar-refractivity contribution in [1.82, 2.24) is 30.2 Å². The van der Waals surface area contributed by atoms with E-state index in [9.17, 15) is 19.2 Å². The summed E-state index contributed by atoms with van der Waals surface area (Å²) < 4.78 is 0. The number of aromatic nitrogens is 4. The molecule has 14 heteroatoms. The smallest absolute Gasteiger partial charge is 0.325 e. The molecule has 0 unspecified atom stereocenters. The van der Waals surface area contributed by atoms with Crippen LogP contribution in [-0.4, -0.2) is 71.7 Å². The van der Waals surface area contributed by atoms with Gasteiger partial charge in [0.15, 0.2) is 0 Å². The lowest BCUT2D eigenvalue weighted by Crippen LogP contribution is -2.51. The first-order valence-electron chi connectivity index (χ1n) is 9.00. The van der Waals surface area contributed by atoms with Crippen LogP contribution in [0.15, 0.2) is 22.1 Å². The molecule has 0 radical (unpaired) electrons. The van der Waals surface area contributed by atoms with E-state index in [1.807, 2.05) is 0 Å². The molecule has 0 spiro atoms. The van der Waals surface area contributed by atoms with Crippen molar-refractivity contribution in [3.05, 3.63) is 50.3 Å². The summed E-state index contributed by atoms with van der Waals surface area (Å²) in [6.45, 7) is 1.99. The van der Waals surface area contributed by atoms with Crippen LogP contribution in [0.5, 0.6) is 0 Å². The topological polar surface area (TPSA) is 264 Å². The summed E-state index contributed by atoms with van der Waals surface area (Å²) in [7, 11) is 0. The average molecular weight is 443 g/mol. The molecule has 31 heavy (non-hydrogen) atoms. The number of carbonyl (C=O) groups excluding carboxylic acids is 2.